The number of aliphatic carboxylic acids is 1. The molecule has 0 amide bonds. The number of rotatable bonds is 4. The van der Waals surface area contributed by atoms with E-state index in [0.717, 1.165) is 0 Å². The van der Waals surface area contributed by atoms with Crippen molar-refractivity contribution in [3.8, 4) is 0 Å². The van der Waals surface area contributed by atoms with E-state index in [1.165, 1.54) is 0 Å². The minimum atomic E-state index is -5.14. The number of aliphatic hydroxyl groups is 2. The molecule has 0 aliphatic rings. The summed E-state index contributed by atoms with van der Waals surface area (Å²) in [5.41, 5.74) is 0. The Morgan fingerprint density at radius 2 is 1.57 bits per heavy atom. The van der Waals surface area contributed by atoms with Gasteiger partial charge in [-0.2, -0.15) is 8.42 Å². The van der Waals surface area contributed by atoms with Crippen molar-refractivity contribution < 1.29 is 42.1 Å². The maximum atomic E-state index is 10.5. The summed E-state index contributed by atoms with van der Waals surface area (Å²) < 4.78 is 31.0. The number of hydrogen-bond donors (Lipinski definition) is 4. The molecule has 0 aliphatic carbocycles. The lowest BCUT2D eigenvalue weighted by Crippen LogP contribution is -2.41. The molecule has 0 saturated heterocycles. The molecule has 0 bridgehead atoms. The van der Waals surface area contributed by atoms with Crippen LogP contribution in [0.2, 0.25) is 0 Å². The van der Waals surface area contributed by atoms with Gasteiger partial charge in [0, 0.05) is 0 Å². The monoisotopic (exact) mass is 230 g/mol. The van der Waals surface area contributed by atoms with E-state index in [9.17, 15) is 18.0 Å². The largest absolute Gasteiger partial charge is 0.479 e. The summed E-state index contributed by atoms with van der Waals surface area (Å²) in [4.78, 5) is 20.5. The molecule has 0 radical (unpaired) electrons. The summed E-state index contributed by atoms with van der Waals surface area (Å²) >= 11 is 0. The van der Waals surface area contributed by atoms with Crippen LogP contribution in [0.25, 0.3) is 0 Å². The predicted molar refractivity (Wildman–Crippen MR) is 37.3 cm³/mol. The third-order valence-corrected chi connectivity index (χ3v) is 1.36. The number of aliphatic hydroxyl groups excluding tert-OH is 2. The van der Waals surface area contributed by atoms with Gasteiger partial charge in [-0.05, 0) is 0 Å². The highest BCUT2D eigenvalue weighted by molar-refractivity contribution is 7.81. The zero-order chi connectivity index (χ0) is 11.5. The minimum absolute atomic E-state index is 1.95. The van der Waals surface area contributed by atoms with Crippen molar-refractivity contribution in [2.45, 2.75) is 12.2 Å². The second-order valence-corrected chi connectivity index (χ2v) is 3.08. The highest BCUT2D eigenvalue weighted by Crippen LogP contribution is 1.99. The van der Waals surface area contributed by atoms with Gasteiger partial charge >= 0.3 is 22.3 Å². The molecule has 2 unspecified atom stereocenters. The van der Waals surface area contributed by atoms with E-state index in [1.54, 1.807) is 0 Å². The van der Waals surface area contributed by atoms with Crippen molar-refractivity contribution in [3.05, 3.63) is 0 Å². The molecule has 0 aliphatic heterocycles. The van der Waals surface area contributed by atoms with Crippen LogP contribution in [-0.2, 0) is 24.2 Å². The normalized spacial score (nSPS) is 15.6. The molecular weight excluding hydrogens is 224 g/mol. The van der Waals surface area contributed by atoms with Crippen molar-refractivity contribution in [3.63, 3.8) is 0 Å². The van der Waals surface area contributed by atoms with Gasteiger partial charge in [0.15, 0.2) is 12.2 Å². The van der Waals surface area contributed by atoms with Gasteiger partial charge in [0.1, 0.15) is 0 Å². The molecule has 2 atom stereocenters. The lowest BCUT2D eigenvalue weighted by atomic mass is 10.2. The topological polar surface area (TPSA) is 158 Å². The van der Waals surface area contributed by atoms with E-state index < -0.39 is 34.5 Å². The number of hydrogen-bond acceptors (Lipinski definition) is 7. The van der Waals surface area contributed by atoms with Gasteiger partial charge in [-0.1, -0.05) is 0 Å². The van der Waals surface area contributed by atoms with Crippen LogP contribution < -0.4 is 0 Å². The van der Waals surface area contributed by atoms with E-state index in [0.29, 0.717) is 0 Å². The first-order valence-corrected chi connectivity index (χ1v) is 4.31. The zero-order valence-corrected chi connectivity index (χ0v) is 7.21. The fraction of sp³-hybridized carbons (Fsp3) is 0.500. The molecular formula is C4H6O9S. The van der Waals surface area contributed by atoms with Crippen LogP contribution in [0.15, 0.2) is 0 Å². The van der Waals surface area contributed by atoms with Crippen molar-refractivity contribution in [2.75, 3.05) is 0 Å². The average Bonchev–Trinajstić information content (AvgIpc) is 1.98. The average molecular weight is 230 g/mol. The third kappa shape index (κ3) is 4.13. The van der Waals surface area contributed by atoms with Crippen LogP contribution in [-0.4, -0.2) is 52.4 Å². The summed E-state index contributed by atoms with van der Waals surface area (Å²) in [7, 11) is -5.14. The van der Waals surface area contributed by atoms with Gasteiger partial charge < -0.3 is 19.5 Å². The second-order valence-electron chi connectivity index (χ2n) is 2.06. The molecule has 0 heterocycles. The molecule has 0 rings (SSSR count). The van der Waals surface area contributed by atoms with Crippen molar-refractivity contribution in [1.29, 1.82) is 0 Å². The number of carboxylic acid groups (broad SMARTS) is 1. The number of carbonyl (C=O) groups is 2. The van der Waals surface area contributed by atoms with Crippen molar-refractivity contribution in [2.24, 2.45) is 0 Å². The molecule has 0 aromatic heterocycles. The summed E-state index contributed by atoms with van der Waals surface area (Å²) in [6, 6.07) is 0. The molecule has 82 valence electrons. The molecule has 0 saturated carbocycles. The number of carboxylic acids is 1. The molecule has 9 nitrogen and oxygen atoms in total. The lowest BCUT2D eigenvalue weighted by molar-refractivity contribution is -0.164. The quantitative estimate of drug-likeness (QED) is 0.372. The molecule has 0 aromatic rings. The predicted octanol–water partition coefficient (Wildman–Crippen LogP) is -2.86. The van der Waals surface area contributed by atoms with Crippen LogP contribution in [0.1, 0.15) is 0 Å². The highest BCUT2D eigenvalue weighted by Gasteiger charge is 2.33. The zero-order valence-electron chi connectivity index (χ0n) is 6.39. The van der Waals surface area contributed by atoms with Crippen LogP contribution in [0.3, 0.4) is 0 Å². The van der Waals surface area contributed by atoms with Crippen LogP contribution in [0.4, 0.5) is 0 Å². The fourth-order valence-corrected chi connectivity index (χ4v) is 0.723. The Morgan fingerprint density at radius 1 is 1.14 bits per heavy atom. The maximum Gasteiger partial charge on any atom is 0.449 e. The van der Waals surface area contributed by atoms with Gasteiger partial charge in [-0.3, -0.25) is 4.55 Å². The van der Waals surface area contributed by atoms with E-state index in [2.05, 4.69) is 4.18 Å². The summed E-state index contributed by atoms with van der Waals surface area (Å²) in [5.74, 6) is -3.95. The third-order valence-electron chi connectivity index (χ3n) is 0.981. The highest BCUT2D eigenvalue weighted by atomic mass is 32.3. The Kier molecular flexibility index (Phi) is 3.94. The fourth-order valence-electron chi connectivity index (χ4n) is 0.417. The van der Waals surface area contributed by atoms with E-state index in [1.807, 2.05) is 0 Å². The summed E-state index contributed by atoms with van der Waals surface area (Å²) in [6.45, 7) is 0. The van der Waals surface area contributed by atoms with Gasteiger partial charge in [-0.15, -0.1) is 0 Å². The van der Waals surface area contributed by atoms with Gasteiger partial charge in [0.05, 0.1) is 0 Å². The molecule has 4 N–H and O–H groups in total. The first-order chi connectivity index (χ1) is 6.15. The SMILES string of the molecule is O=C(O)C(O)C(O)C(=O)OS(=O)(=O)O. The van der Waals surface area contributed by atoms with Gasteiger partial charge in [0.2, 0.25) is 0 Å². The maximum absolute atomic E-state index is 10.5. The first kappa shape index (κ1) is 12.8. The number of carbonyl (C=O) groups excluding carboxylic acids is 1. The minimum Gasteiger partial charge on any atom is -0.479 e. The Labute approximate surface area is 77.5 Å². The summed E-state index contributed by atoms with van der Waals surface area (Å²) in [6.07, 6.45) is -5.14. The van der Waals surface area contributed by atoms with Crippen molar-refractivity contribution in [1.82, 2.24) is 0 Å². The van der Waals surface area contributed by atoms with Gasteiger partial charge in [0.25, 0.3) is 0 Å². The molecule has 10 heteroatoms. The van der Waals surface area contributed by atoms with E-state index in [-0.39, 0.29) is 0 Å². The van der Waals surface area contributed by atoms with Crippen molar-refractivity contribution >= 4 is 22.3 Å². The molecule has 14 heavy (non-hydrogen) atoms. The summed E-state index contributed by atoms with van der Waals surface area (Å²) in [5, 5.41) is 25.2. The Morgan fingerprint density at radius 3 is 1.86 bits per heavy atom. The van der Waals surface area contributed by atoms with Crippen LogP contribution in [0, 0.1) is 0 Å². The van der Waals surface area contributed by atoms with Crippen LogP contribution in [0.5, 0.6) is 0 Å². The smallest absolute Gasteiger partial charge is 0.449 e. The van der Waals surface area contributed by atoms with E-state index in [4.69, 9.17) is 19.9 Å². The molecule has 0 fully saturated rings. The first-order valence-electron chi connectivity index (χ1n) is 2.95. The lowest BCUT2D eigenvalue weighted by Gasteiger charge is -2.10. The Balaban J connectivity index is 4.49. The van der Waals surface area contributed by atoms with E-state index >= 15 is 0 Å². The molecule has 0 aromatic carbocycles. The van der Waals surface area contributed by atoms with Gasteiger partial charge in [-0.25, -0.2) is 9.59 Å². The Bertz CT molecular complexity index is 329. The molecule has 0 spiro atoms. The van der Waals surface area contributed by atoms with Crippen LogP contribution >= 0.6 is 0 Å². The standard InChI is InChI=1S/C4H6O9S/c5-1(3(7)8)2(6)4(9)13-14(10,11)12/h1-2,5-6H,(H,7,8)(H,10,11,12). The second kappa shape index (κ2) is 4.32. The Hall–Kier alpha value is -1.23.